The second kappa shape index (κ2) is 16.3. The minimum Gasteiger partial charge on any atom is -0.347 e. The first-order valence-corrected chi connectivity index (χ1v) is 16.9. The second-order valence-electron chi connectivity index (χ2n) is 14.4. The fourth-order valence-electron chi connectivity index (χ4n) is 6.45. The Hall–Kier alpha value is -3.90. The van der Waals surface area contributed by atoms with Gasteiger partial charge in [-0.1, -0.05) is 61.3 Å². The van der Waals surface area contributed by atoms with E-state index in [4.69, 9.17) is 0 Å². The van der Waals surface area contributed by atoms with Crippen molar-refractivity contribution in [2.45, 2.75) is 124 Å². The van der Waals surface area contributed by atoms with Gasteiger partial charge in [0.1, 0.15) is 23.8 Å². The number of nitrogens with zero attached hydrogens (tertiary/aromatic N) is 3. The molecule has 1 aliphatic heterocycles. The molecule has 13 nitrogen and oxygen atoms in total. The zero-order valence-corrected chi connectivity index (χ0v) is 29.1. The van der Waals surface area contributed by atoms with Crippen LogP contribution in [0.15, 0.2) is 18.6 Å². The molecule has 5 amide bonds. The van der Waals surface area contributed by atoms with Crippen molar-refractivity contribution >= 4 is 35.3 Å². The van der Waals surface area contributed by atoms with E-state index in [0.29, 0.717) is 19.4 Å². The van der Waals surface area contributed by atoms with Crippen LogP contribution in [-0.4, -0.2) is 86.9 Å². The summed E-state index contributed by atoms with van der Waals surface area (Å²) in [6.07, 6.45) is 8.18. The van der Waals surface area contributed by atoms with Gasteiger partial charge in [-0.25, -0.2) is 4.98 Å². The van der Waals surface area contributed by atoms with Gasteiger partial charge >= 0.3 is 0 Å². The van der Waals surface area contributed by atoms with Crippen molar-refractivity contribution in [3.05, 3.63) is 24.3 Å². The molecule has 0 aromatic carbocycles. The number of ketones is 1. The van der Waals surface area contributed by atoms with Crippen LogP contribution in [0.3, 0.4) is 0 Å². The van der Waals surface area contributed by atoms with Crippen molar-refractivity contribution in [2.24, 2.45) is 23.2 Å². The van der Waals surface area contributed by atoms with E-state index < -0.39 is 64.9 Å². The van der Waals surface area contributed by atoms with E-state index in [1.807, 2.05) is 34.6 Å². The maximum atomic E-state index is 14.4. The highest BCUT2D eigenvalue weighted by molar-refractivity contribution is 6.38. The van der Waals surface area contributed by atoms with Crippen molar-refractivity contribution in [1.29, 1.82) is 0 Å². The molecule has 260 valence electrons. The largest absolute Gasteiger partial charge is 0.347 e. The van der Waals surface area contributed by atoms with Crippen LogP contribution in [-0.2, 0) is 24.0 Å². The first-order valence-electron chi connectivity index (χ1n) is 16.9. The lowest BCUT2D eigenvalue weighted by molar-refractivity contribution is -0.146. The maximum absolute atomic E-state index is 14.4. The number of aromatic nitrogens is 2. The zero-order valence-electron chi connectivity index (χ0n) is 29.1. The lowest BCUT2D eigenvalue weighted by Gasteiger charge is -2.37. The van der Waals surface area contributed by atoms with Gasteiger partial charge in [0.05, 0.1) is 12.2 Å². The van der Waals surface area contributed by atoms with E-state index in [-0.39, 0.29) is 35.9 Å². The summed E-state index contributed by atoms with van der Waals surface area (Å²) >= 11 is 0. The highest BCUT2D eigenvalue weighted by atomic mass is 16.2. The third kappa shape index (κ3) is 9.35. The average Bonchev–Trinajstić information content (AvgIpc) is 3.62. The van der Waals surface area contributed by atoms with Gasteiger partial charge in [-0.3, -0.25) is 33.8 Å². The van der Waals surface area contributed by atoms with Crippen LogP contribution in [0.25, 0.3) is 0 Å². The van der Waals surface area contributed by atoms with Crippen LogP contribution in [0.1, 0.15) is 104 Å². The van der Waals surface area contributed by atoms with Crippen molar-refractivity contribution < 1.29 is 28.8 Å². The molecule has 1 aromatic heterocycles. The van der Waals surface area contributed by atoms with Crippen LogP contribution in [0.2, 0.25) is 0 Å². The van der Waals surface area contributed by atoms with Gasteiger partial charge in [-0.15, -0.1) is 0 Å². The number of carbonyl (C=O) groups is 6. The number of fused-ring (bicyclic) bond motifs is 1. The lowest BCUT2D eigenvalue weighted by Crippen LogP contribution is -2.62. The number of carbonyl (C=O) groups excluding carboxylic acids is 6. The van der Waals surface area contributed by atoms with Crippen LogP contribution in [0.5, 0.6) is 0 Å². The fourth-order valence-corrected chi connectivity index (χ4v) is 6.45. The van der Waals surface area contributed by atoms with Crippen molar-refractivity contribution in [2.75, 3.05) is 6.54 Å². The van der Waals surface area contributed by atoms with Gasteiger partial charge in [0, 0.05) is 25.0 Å². The number of hydrogen-bond donors (Lipinski definition) is 4. The molecular formula is C34H53N7O6. The molecule has 2 aliphatic rings. The molecule has 0 unspecified atom stereocenters. The standard InChI is InChI=1S/C34H53N7O6/c1-9-12-23(27(42)32(46)37-20(5)10-2)38-31(45)26-22-14-11-13-21(22)18-41(26)33(47)28(34(6,7)8)40-30(44)25(19(3)4)39-29(43)24-17-35-15-16-36-24/h15-17,19-23,25-26,28H,9-14,18H2,1-8H3,(H,37,46)(H,38,45)(H,39,43)(H,40,44)/t20-,21-,22-,23+,25-,26-,28+/m0/s1. The lowest BCUT2D eigenvalue weighted by atomic mass is 9.85. The van der Waals surface area contributed by atoms with E-state index in [9.17, 15) is 28.8 Å². The topological polar surface area (TPSA) is 180 Å². The Labute approximate surface area is 278 Å². The Morgan fingerprint density at radius 3 is 2.23 bits per heavy atom. The number of hydrogen-bond acceptors (Lipinski definition) is 8. The first-order chi connectivity index (χ1) is 22.1. The summed E-state index contributed by atoms with van der Waals surface area (Å²) in [5.41, 5.74) is -0.694. The third-order valence-corrected chi connectivity index (χ3v) is 9.30. The zero-order chi connectivity index (χ0) is 35.1. The van der Waals surface area contributed by atoms with E-state index in [0.717, 1.165) is 19.3 Å². The van der Waals surface area contributed by atoms with Gasteiger partial charge in [0.25, 0.3) is 11.8 Å². The minimum absolute atomic E-state index is 0.0593. The minimum atomic E-state index is -1.02. The summed E-state index contributed by atoms with van der Waals surface area (Å²) < 4.78 is 0. The van der Waals surface area contributed by atoms with Crippen LogP contribution in [0.4, 0.5) is 0 Å². The van der Waals surface area contributed by atoms with Crippen LogP contribution in [0, 0.1) is 23.2 Å². The monoisotopic (exact) mass is 655 g/mol. The molecule has 47 heavy (non-hydrogen) atoms. The van der Waals surface area contributed by atoms with Gasteiger partial charge in [-0.2, -0.15) is 0 Å². The molecule has 0 radical (unpaired) electrons. The average molecular weight is 656 g/mol. The fraction of sp³-hybridized carbons (Fsp3) is 0.706. The smallest absolute Gasteiger partial charge is 0.289 e. The van der Waals surface area contributed by atoms with E-state index >= 15 is 0 Å². The summed E-state index contributed by atoms with van der Waals surface area (Å²) in [4.78, 5) is 90.3. The quantitative estimate of drug-likeness (QED) is 0.220. The van der Waals surface area contributed by atoms with Gasteiger partial charge < -0.3 is 26.2 Å². The highest BCUT2D eigenvalue weighted by Gasteiger charge is 2.52. The number of rotatable bonds is 14. The molecular weight excluding hydrogens is 602 g/mol. The molecule has 0 spiro atoms. The SMILES string of the molecule is CCC[C@@H](NC(=O)[C@@H]1[C@H]2CCC[C@H]2CN1C(=O)[C@@H](NC(=O)[C@@H](NC(=O)c1cnccn1)C(C)C)C(C)(C)C)C(=O)C(=O)N[C@@H](C)CC. The number of likely N-dealkylation sites (tertiary alicyclic amines) is 1. The molecule has 1 saturated heterocycles. The van der Waals surface area contributed by atoms with Crippen LogP contribution >= 0.6 is 0 Å². The molecule has 3 rings (SSSR count). The van der Waals surface area contributed by atoms with Crippen molar-refractivity contribution in [3.8, 4) is 0 Å². The van der Waals surface area contributed by atoms with E-state index in [2.05, 4.69) is 31.2 Å². The maximum Gasteiger partial charge on any atom is 0.289 e. The van der Waals surface area contributed by atoms with Gasteiger partial charge in [-0.05, 0) is 55.8 Å². The van der Waals surface area contributed by atoms with Crippen LogP contribution < -0.4 is 21.3 Å². The van der Waals surface area contributed by atoms with E-state index in [1.165, 1.54) is 18.6 Å². The van der Waals surface area contributed by atoms with E-state index in [1.54, 1.807) is 25.7 Å². The summed E-state index contributed by atoms with van der Waals surface area (Å²) in [5.74, 6) is -3.73. The normalized spacial score (nSPS) is 21.6. The molecule has 2 fully saturated rings. The highest BCUT2D eigenvalue weighted by Crippen LogP contribution is 2.43. The first kappa shape index (κ1) is 37.6. The Balaban J connectivity index is 1.85. The van der Waals surface area contributed by atoms with Gasteiger partial charge in [0.2, 0.25) is 23.5 Å². The number of amides is 5. The van der Waals surface area contributed by atoms with Gasteiger partial charge in [0.15, 0.2) is 0 Å². The van der Waals surface area contributed by atoms with Crippen molar-refractivity contribution in [1.82, 2.24) is 36.1 Å². The Morgan fingerprint density at radius 2 is 1.66 bits per heavy atom. The molecule has 1 saturated carbocycles. The Morgan fingerprint density at radius 1 is 0.957 bits per heavy atom. The summed E-state index contributed by atoms with van der Waals surface area (Å²) in [7, 11) is 0. The third-order valence-electron chi connectivity index (χ3n) is 9.30. The summed E-state index contributed by atoms with van der Waals surface area (Å²) in [5, 5.41) is 11.1. The molecule has 1 aliphatic carbocycles. The molecule has 7 atom stereocenters. The Bertz CT molecular complexity index is 1300. The second-order valence-corrected chi connectivity index (χ2v) is 14.4. The number of Topliss-reactive ketones (excluding diaryl/α,β-unsaturated/α-hetero) is 1. The summed E-state index contributed by atoms with van der Waals surface area (Å²) in [6, 6.07) is -4.04. The predicted molar refractivity (Wildman–Crippen MR) is 176 cm³/mol. The molecule has 4 N–H and O–H groups in total. The molecule has 0 bridgehead atoms. The number of nitrogens with one attached hydrogen (secondary N) is 4. The molecule has 13 heteroatoms. The predicted octanol–water partition coefficient (Wildman–Crippen LogP) is 2.16. The van der Waals surface area contributed by atoms with Crippen molar-refractivity contribution in [3.63, 3.8) is 0 Å². The Kier molecular flexibility index (Phi) is 13.0. The molecule has 1 aromatic rings. The molecule has 2 heterocycles. The summed E-state index contributed by atoms with van der Waals surface area (Å²) in [6.45, 7) is 15.0.